The first-order valence-electron chi connectivity index (χ1n) is 14.8. The highest BCUT2D eigenvalue weighted by Gasteiger charge is 2.46. The van der Waals surface area contributed by atoms with Crippen molar-refractivity contribution in [1.29, 1.82) is 0 Å². The molecule has 3 nitrogen and oxygen atoms in total. The van der Waals surface area contributed by atoms with Crippen LogP contribution in [0, 0.1) is 5.92 Å². The summed E-state index contributed by atoms with van der Waals surface area (Å²) in [6, 6.07) is 11.3. The van der Waals surface area contributed by atoms with Gasteiger partial charge in [0.25, 0.3) is 0 Å². The molecular weight excluding hydrogens is 428 g/mol. The number of anilines is 1. The molecule has 3 aliphatic rings. The van der Waals surface area contributed by atoms with Crippen LogP contribution in [0.2, 0.25) is 0 Å². The maximum absolute atomic E-state index is 14.1. The predicted octanol–water partition coefficient (Wildman–Crippen LogP) is 7.75. The largest absolute Gasteiger partial charge is 0.370 e. The van der Waals surface area contributed by atoms with Gasteiger partial charge in [0.2, 0.25) is 0 Å². The Labute approximate surface area is 213 Å². The Morgan fingerprint density at radius 2 is 1.63 bits per heavy atom. The molecule has 190 valence electrons. The predicted molar refractivity (Wildman–Crippen MR) is 149 cm³/mol. The molecule has 0 N–H and O–H groups in total. The third kappa shape index (κ3) is 4.78. The highest BCUT2D eigenvalue weighted by Crippen LogP contribution is 2.50. The lowest BCUT2D eigenvalue weighted by atomic mass is 9.72. The van der Waals surface area contributed by atoms with Crippen LogP contribution in [0.3, 0.4) is 0 Å². The Hall–Kier alpha value is -1.87. The van der Waals surface area contributed by atoms with E-state index in [1.54, 1.807) is 0 Å². The molecule has 1 saturated carbocycles. The number of nitrogens with zero attached hydrogens (tertiary/aromatic N) is 2. The molecule has 0 radical (unpaired) electrons. The summed E-state index contributed by atoms with van der Waals surface area (Å²) in [6.07, 6.45) is 14.7. The molecule has 5 rings (SSSR count). The number of rotatable bonds is 11. The van der Waals surface area contributed by atoms with E-state index in [1.165, 1.54) is 86.5 Å². The number of ketones is 1. The molecule has 1 saturated heterocycles. The summed E-state index contributed by atoms with van der Waals surface area (Å²) >= 11 is 0. The second-order valence-electron chi connectivity index (χ2n) is 11.6. The van der Waals surface area contributed by atoms with E-state index in [0.717, 1.165) is 56.8 Å². The van der Waals surface area contributed by atoms with E-state index in [-0.39, 0.29) is 5.41 Å². The number of hydrogen-bond donors (Lipinski definition) is 0. The molecular formula is C32H46N2O. The van der Waals surface area contributed by atoms with Gasteiger partial charge in [0.1, 0.15) is 0 Å². The second kappa shape index (κ2) is 11.0. The number of hydrogen-bond acceptors (Lipinski definition) is 3. The van der Waals surface area contributed by atoms with Crippen molar-refractivity contribution in [2.45, 2.75) is 96.3 Å². The van der Waals surface area contributed by atoms with E-state index in [4.69, 9.17) is 0 Å². The maximum atomic E-state index is 14.1. The normalized spacial score (nSPS) is 20.4. The minimum Gasteiger partial charge on any atom is -0.370 e. The van der Waals surface area contributed by atoms with Crippen LogP contribution in [-0.4, -0.2) is 43.4 Å². The van der Waals surface area contributed by atoms with Crippen molar-refractivity contribution in [3.05, 3.63) is 41.5 Å². The molecule has 1 heterocycles. The van der Waals surface area contributed by atoms with E-state index in [1.807, 2.05) is 0 Å². The van der Waals surface area contributed by atoms with Crippen molar-refractivity contribution < 1.29 is 4.79 Å². The van der Waals surface area contributed by atoms with E-state index in [9.17, 15) is 4.79 Å². The van der Waals surface area contributed by atoms with Gasteiger partial charge in [0.15, 0.2) is 5.78 Å². The molecule has 3 heteroatoms. The molecule has 2 fully saturated rings. The van der Waals surface area contributed by atoms with E-state index in [0.29, 0.717) is 5.78 Å². The van der Waals surface area contributed by atoms with Gasteiger partial charge in [-0.15, -0.1) is 0 Å². The number of Topliss-reactive ketones (excluding diaryl/α,β-unsaturated/α-hetero) is 1. The molecule has 0 aromatic heterocycles. The van der Waals surface area contributed by atoms with Gasteiger partial charge in [-0.05, 0) is 61.6 Å². The lowest BCUT2D eigenvalue weighted by Crippen LogP contribution is -2.35. The zero-order chi connectivity index (χ0) is 24.3. The van der Waals surface area contributed by atoms with Gasteiger partial charge in [0.05, 0.1) is 5.41 Å². The second-order valence-corrected chi connectivity index (χ2v) is 11.6. The zero-order valence-corrected chi connectivity index (χ0v) is 22.3. The van der Waals surface area contributed by atoms with Crippen LogP contribution in [0.25, 0.3) is 10.8 Å². The van der Waals surface area contributed by atoms with Crippen molar-refractivity contribution in [1.82, 2.24) is 4.90 Å². The monoisotopic (exact) mass is 474 g/mol. The molecule has 35 heavy (non-hydrogen) atoms. The van der Waals surface area contributed by atoms with Gasteiger partial charge >= 0.3 is 0 Å². The Bertz CT molecular complexity index is 1010. The van der Waals surface area contributed by atoms with Crippen LogP contribution >= 0.6 is 0 Å². The molecule has 2 aliphatic carbocycles. The topological polar surface area (TPSA) is 23.6 Å². The number of unbranched alkanes of at least 4 members (excludes halogenated alkanes) is 4. The molecule has 0 spiro atoms. The third-order valence-corrected chi connectivity index (χ3v) is 9.30. The quantitative estimate of drug-likeness (QED) is 0.311. The average Bonchev–Trinajstić information content (AvgIpc) is 2.98. The van der Waals surface area contributed by atoms with Crippen LogP contribution in [0.1, 0.15) is 107 Å². The molecule has 0 amide bonds. The number of carbonyl (C=O) groups excluding carboxylic acids is 1. The fraction of sp³-hybridized carbons (Fsp3) is 0.656. The molecule has 0 bridgehead atoms. The smallest absolute Gasteiger partial charge is 0.174 e. The standard InChI is InChI=1S/C32H46N2O/c1-3-5-7-18-32(19-8-6-4-2)28-16-17-29(26-14-10-15-27(30(26)28)31(32)35)34-21-11-20-33(22-23-34)24-25-12-9-13-25/h10,14-17,25H,3-9,11-13,18-24H2,1-2H3. The number of benzene rings is 2. The zero-order valence-electron chi connectivity index (χ0n) is 22.3. The van der Waals surface area contributed by atoms with Gasteiger partial charge in [-0.25, -0.2) is 0 Å². The summed E-state index contributed by atoms with van der Waals surface area (Å²) in [6.45, 7) is 10.4. The van der Waals surface area contributed by atoms with Crippen molar-refractivity contribution in [3.63, 3.8) is 0 Å². The van der Waals surface area contributed by atoms with Crippen LogP contribution in [0.4, 0.5) is 5.69 Å². The van der Waals surface area contributed by atoms with Gasteiger partial charge in [-0.1, -0.05) is 83.1 Å². The van der Waals surface area contributed by atoms with Crippen LogP contribution in [0.5, 0.6) is 0 Å². The van der Waals surface area contributed by atoms with E-state index >= 15 is 0 Å². The maximum Gasteiger partial charge on any atom is 0.174 e. The summed E-state index contributed by atoms with van der Waals surface area (Å²) in [4.78, 5) is 19.4. The first-order valence-corrected chi connectivity index (χ1v) is 14.8. The summed E-state index contributed by atoms with van der Waals surface area (Å²) in [7, 11) is 0. The summed E-state index contributed by atoms with van der Waals surface area (Å²) < 4.78 is 0. The SMILES string of the molecule is CCCCCC1(CCCCC)C(=O)c2cccc3c(N4CCCN(CC5CCC5)CC4)ccc1c23. The molecule has 0 atom stereocenters. The van der Waals surface area contributed by atoms with Crippen molar-refractivity contribution in [2.24, 2.45) is 5.92 Å². The van der Waals surface area contributed by atoms with Gasteiger partial charge < -0.3 is 9.80 Å². The average molecular weight is 475 g/mol. The summed E-state index contributed by atoms with van der Waals surface area (Å²) in [5, 5.41) is 2.59. The molecule has 0 unspecified atom stereocenters. The third-order valence-electron chi connectivity index (χ3n) is 9.30. The van der Waals surface area contributed by atoms with Crippen molar-refractivity contribution >= 4 is 22.2 Å². The van der Waals surface area contributed by atoms with Crippen LogP contribution < -0.4 is 4.90 Å². The molecule has 1 aliphatic heterocycles. The lowest BCUT2D eigenvalue weighted by Gasteiger charge is -2.32. The Morgan fingerprint density at radius 3 is 2.31 bits per heavy atom. The first-order chi connectivity index (χ1) is 17.2. The fourth-order valence-corrected chi connectivity index (χ4v) is 7.05. The van der Waals surface area contributed by atoms with Crippen molar-refractivity contribution in [3.8, 4) is 0 Å². The minimum atomic E-state index is -0.302. The Balaban J connectivity index is 1.45. The fourth-order valence-electron chi connectivity index (χ4n) is 7.05. The van der Waals surface area contributed by atoms with E-state index < -0.39 is 0 Å². The Morgan fingerprint density at radius 1 is 0.857 bits per heavy atom. The van der Waals surface area contributed by atoms with Crippen molar-refractivity contribution in [2.75, 3.05) is 37.6 Å². The summed E-state index contributed by atoms with van der Waals surface area (Å²) in [5.41, 5.74) is 3.38. The van der Waals surface area contributed by atoms with Gasteiger partial charge in [-0.2, -0.15) is 0 Å². The van der Waals surface area contributed by atoms with Gasteiger partial charge in [0, 0.05) is 42.8 Å². The Kier molecular flexibility index (Phi) is 7.82. The van der Waals surface area contributed by atoms with E-state index in [2.05, 4.69) is 54.0 Å². The summed E-state index contributed by atoms with van der Waals surface area (Å²) in [5.74, 6) is 1.35. The highest BCUT2D eigenvalue weighted by atomic mass is 16.1. The first kappa shape index (κ1) is 24.8. The highest BCUT2D eigenvalue weighted by molar-refractivity contribution is 6.22. The van der Waals surface area contributed by atoms with Gasteiger partial charge in [-0.3, -0.25) is 4.79 Å². The molecule has 2 aromatic carbocycles. The van der Waals surface area contributed by atoms with Crippen LogP contribution in [-0.2, 0) is 5.41 Å². The number of carbonyl (C=O) groups is 1. The molecule has 2 aromatic rings. The minimum absolute atomic E-state index is 0.302. The van der Waals surface area contributed by atoms with Crippen LogP contribution in [0.15, 0.2) is 30.3 Å². The lowest BCUT2D eigenvalue weighted by molar-refractivity contribution is 0.0870.